The van der Waals surface area contributed by atoms with E-state index in [0.29, 0.717) is 6.54 Å². The van der Waals surface area contributed by atoms with E-state index in [0.717, 1.165) is 44.0 Å². The molecule has 0 aromatic carbocycles. The number of urea groups is 1. The molecular formula is C15H22N4O2. The molecule has 0 radical (unpaired) electrons. The number of anilines is 2. The van der Waals surface area contributed by atoms with Crippen molar-refractivity contribution in [2.75, 3.05) is 36.5 Å². The standard InChI is InChI=1S/C15H22N4O2/c20-15(17-11-12-5-4-10-21-12)18-13-6-3-7-16-14(13)19-8-1-2-9-19/h3,6-7,12H,1-2,4-5,8-11H2,(H2,17,18,20)/t12-/m0/s1. The van der Waals surface area contributed by atoms with Crippen LogP contribution in [0.1, 0.15) is 25.7 Å². The fourth-order valence-corrected chi connectivity index (χ4v) is 2.85. The van der Waals surface area contributed by atoms with Gasteiger partial charge in [-0.2, -0.15) is 0 Å². The van der Waals surface area contributed by atoms with Crippen LogP contribution in [0.4, 0.5) is 16.3 Å². The predicted octanol–water partition coefficient (Wildman–Crippen LogP) is 1.98. The molecular weight excluding hydrogens is 268 g/mol. The molecule has 1 aromatic rings. The largest absolute Gasteiger partial charge is 0.376 e. The molecule has 2 fully saturated rings. The number of rotatable bonds is 4. The van der Waals surface area contributed by atoms with Crippen LogP contribution in [0.5, 0.6) is 0 Å². The lowest BCUT2D eigenvalue weighted by atomic mass is 10.2. The summed E-state index contributed by atoms with van der Waals surface area (Å²) in [5.41, 5.74) is 0.768. The topological polar surface area (TPSA) is 66.5 Å². The maximum Gasteiger partial charge on any atom is 0.319 e. The van der Waals surface area contributed by atoms with Gasteiger partial charge in [-0.1, -0.05) is 0 Å². The van der Waals surface area contributed by atoms with Crippen LogP contribution in [-0.2, 0) is 4.74 Å². The molecule has 2 amide bonds. The lowest BCUT2D eigenvalue weighted by molar-refractivity contribution is 0.112. The van der Waals surface area contributed by atoms with Gasteiger partial charge >= 0.3 is 6.03 Å². The van der Waals surface area contributed by atoms with Crippen molar-refractivity contribution in [3.8, 4) is 0 Å². The number of nitrogens with zero attached hydrogens (tertiary/aromatic N) is 2. The first kappa shape index (κ1) is 14.1. The number of hydrogen-bond donors (Lipinski definition) is 2. The summed E-state index contributed by atoms with van der Waals surface area (Å²) in [6, 6.07) is 3.54. The predicted molar refractivity (Wildman–Crippen MR) is 81.7 cm³/mol. The number of pyridine rings is 1. The minimum Gasteiger partial charge on any atom is -0.376 e. The highest BCUT2D eigenvalue weighted by atomic mass is 16.5. The summed E-state index contributed by atoms with van der Waals surface area (Å²) < 4.78 is 5.50. The van der Waals surface area contributed by atoms with Gasteiger partial charge in [0.15, 0.2) is 5.82 Å². The van der Waals surface area contributed by atoms with Gasteiger partial charge in [0.1, 0.15) is 0 Å². The first-order valence-corrected chi connectivity index (χ1v) is 7.69. The maximum absolute atomic E-state index is 12.0. The Morgan fingerprint density at radius 3 is 3.00 bits per heavy atom. The van der Waals surface area contributed by atoms with Crippen molar-refractivity contribution < 1.29 is 9.53 Å². The molecule has 1 aromatic heterocycles. The molecule has 0 unspecified atom stereocenters. The Morgan fingerprint density at radius 1 is 1.38 bits per heavy atom. The molecule has 21 heavy (non-hydrogen) atoms. The van der Waals surface area contributed by atoms with Crippen molar-refractivity contribution in [1.82, 2.24) is 10.3 Å². The van der Waals surface area contributed by atoms with Crippen LogP contribution in [0.15, 0.2) is 18.3 Å². The molecule has 2 aliphatic heterocycles. The van der Waals surface area contributed by atoms with Gasteiger partial charge in [0.25, 0.3) is 0 Å². The smallest absolute Gasteiger partial charge is 0.319 e. The molecule has 0 bridgehead atoms. The highest BCUT2D eigenvalue weighted by molar-refractivity contribution is 5.92. The molecule has 2 saturated heterocycles. The summed E-state index contributed by atoms with van der Waals surface area (Å²) in [5.74, 6) is 0.863. The van der Waals surface area contributed by atoms with Crippen LogP contribution in [-0.4, -0.2) is 43.4 Å². The second-order valence-electron chi connectivity index (χ2n) is 5.54. The normalized spacial score (nSPS) is 21.5. The van der Waals surface area contributed by atoms with Gasteiger partial charge in [-0.05, 0) is 37.8 Å². The van der Waals surface area contributed by atoms with E-state index in [9.17, 15) is 4.79 Å². The average molecular weight is 290 g/mol. The average Bonchev–Trinajstić information content (AvgIpc) is 3.19. The molecule has 6 heteroatoms. The maximum atomic E-state index is 12.0. The summed E-state index contributed by atoms with van der Waals surface area (Å²) in [6.07, 6.45) is 6.38. The third kappa shape index (κ3) is 3.64. The van der Waals surface area contributed by atoms with Gasteiger partial charge in [-0.25, -0.2) is 9.78 Å². The first-order chi connectivity index (χ1) is 10.3. The molecule has 3 heterocycles. The molecule has 0 aliphatic carbocycles. The molecule has 0 saturated carbocycles. The van der Waals surface area contributed by atoms with Crippen LogP contribution >= 0.6 is 0 Å². The van der Waals surface area contributed by atoms with E-state index in [1.54, 1.807) is 6.20 Å². The van der Waals surface area contributed by atoms with E-state index in [4.69, 9.17) is 4.74 Å². The number of aromatic nitrogens is 1. The molecule has 2 N–H and O–H groups in total. The Kier molecular flexibility index (Phi) is 4.55. The Hall–Kier alpha value is -1.82. The van der Waals surface area contributed by atoms with Gasteiger partial charge in [0.05, 0.1) is 11.8 Å². The van der Waals surface area contributed by atoms with E-state index in [1.807, 2.05) is 12.1 Å². The van der Waals surface area contributed by atoms with Crippen molar-refractivity contribution in [2.45, 2.75) is 31.8 Å². The van der Waals surface area contributed by atoms with Gasteiger partial charge in [-0.3, -0.25) is 0 Å². The summed E-state index contributed by atoms with van der Waals surface area (Å²) in [7, 11) is 0. The monoisotopic (exact) mass is 290 g/mol. The van der Waals surface area contributed by atoms with E-state index in [2.05, 4.69) is 20.5 Å². The quantitative estimate of drug-likeness (QED) is 0.890. The second kappa shape index (κ2) is 6.76. The number of hydrogen-bond acceptors (Lipinski definition) is 4. The van der Waals surface area contributed by atoms with Crippen molar-refractivity contribution in [2.24, 2.45) is 0 Å². The first-order valence-electron chi connectivity index (χ1n) is 7.69. The SMILES string of the molecule is O=C(NC[C@@H]1CCCO1)Nc1cccnc1N1CCCC1. The summed E-state index contributed by atoms with van der Waals surface area (Å²) in [4.78, 5) is 18.6. The van der Waals surface area contributed by atoms with Gasteiger partial charge < -0.3 is 20.3 Å². The Balaban J connectivity index is 1.57. The fraction of sp³-hybridized carbons (Fsp3) is 0.600. The molecule has 114 valence electrons. The summed E-state index contributed by atoms with van der Waals surface area (Å²) in [6.45, 7) is 3.37. The van der Waals surface area contributed by atoms with Crippen molar-refractivity contribution in [3.63, 3.8) is 0 Å². The minimum atomic E-state index is -0.195. The Bertz CT molecular complexity index is 482. The van der Waals surface area contributed by atoms with E-state index < -0.39 is 0 Å². The van der Waals surface area contributed by atoms with E-state index in [-0.39, 0.29) is 12.1 Å². The zero-order valence-corrected chi connectivity index (χ0v) is 12.2. The van der Waals surface area contributed by atoms with Crippen molar-refractivity contribution >= 4 is 17.5 Å². The Labute approximate surface area is 124 Å². The molecule has 6 nitrogen and oxygen atoms in total. The third-order valence-corrected chi connectivity index (χ3v) is 3.95. The number of amides is 2. The molecule has 1 atom stereocenters. The second-order valence-corrected chi connectivity index (χ2v) is 5.54. The van der Waals surface area contributed by atoms with Crippen molar-refractivity contribution in [1.29, 1.82) is 0 Å². The Morgan fingerprint density at radius 2 is 2.24 bits per heavy atom. The highest BCUT2D eigenvalue weighted by Crippen LogP contribution is 2.25. The minimum absolute atomic E-state index is 0.155. The van der Waals surface area contributed by atoms with E-state index in [1.165, 1.54) is 12.8 Å². The van der Waals surface area contributed by atoms with Crippen molar-refractivity contribution in [3.05, 3.63) is 18.3 Å². The van der Waals surface area contributed by atoms with E-state index >= 15 is 0 Å². The number of carbonyl (C=O) groups is 1. The van der Waals surface area contributed by atoms with Crippen LogP contribution in [0, 0.1) is 0 Å². The lowest BCUT2D eigenvalue weighted by Crippen LogP contribution is -2.35. The zero-order valence-electron chi connectivity index (χ0n) is 12.2. The zero-order chi connectivity index (χ0) is 14.5. The number of ether oxygens (including phenoxy) is 1. The van der Waals surface area contributed by atoms with Crippen LogP contribution < -0.4 is 15.5 Å². The van der Waals surface area contributed by atoms with Gasteiger partial charge in [0.2, 0.25) is 0 Å². The van der Waals surface area contributed by atoms with Crippen LogP contribution in [0.25, 0.3) is 0 Å². The summed E-state index contributed by atoms with van der Waals surface area (Å²) >= 11 is 0. The highest BCUT2D eigenvalue weighted by Gasteiger charge is 2.19. The number of nitrogens with one attached hydrogen (secondary N) is 2. The molecule has 0 spiro atoms. The fourth-order valence-electron chi connectivity index (χ4n) is 2.85. The van der Waals surface area contributed by atoms with Gasteiger partial charge in [-0.15, -0.1) is 0 Å². The molecule has 3 rings (SSSR count). The molecule has 2 aliphatic rings. The number of carbonyl (C=O) groups excluding carboxylic acids is 1. The lowest BCUT2D eigenvalue weighted by Gasteiger charge is -2.20. The van der Waals surface area contributed by atoms with Crippen LogP contribution in [0.2, 0.25) is 0 Å². The third-order valence-electron chi connectivity index (χ3n) is 3.95. The van der Waals surface area contributed by atoms with Gasteiger partial charge in [0, 0.05) is 32.4 Å². The van der Waals surface area contributed by atoms with Crippen LogP contribution in [0.3, 0.4) is 0 Å². The summed E-state index contributed by atoms with van der Waals surface area (Å²) in [5, 5.41) is 5.77.